The normalized spacial score (nSPS) is 20.3. The largest absolute Gasteiger partial charge is 0.380 e. The van der Waals surface area contributed by atoms with E-state index in [4.69, 9.17) is 4.74 Å². The molecule has 4 nitrogen and oxygen atoms in total. The zero-order chi connectivity index (χ0) is 12.7. The maximum atomic E-state index is 12.1. The first kappa shape index (κ1) is 14.0. The fourth-order valence-electron chi connectivity index (χ4n) is 2.24. The third-order valence-electron chi connectivity index (χ3n) is 3.31. The van der Waals surface area contributed by atoms with E-state index >= 15 is 0 Å². The average Bonchev–Trinajstić information content (AvgIpc) is 2.37. The Kier molecular flexibility index (Phi) is 5.43. The highest BCUT2D eigenvalue weighted by Crippen LogP contribution is 2.35. The topological polar surface area (TPSA) is 62.1 Å². The Bertz CT molecular complexity index is 290. The van der Waals surface area contributed by atoms with Crippen molar-refractivity contribution in [1.82, 2.24) is 5.32 Å². The summed E-state index contributed by atoms with van der Waals surface area (Å²) in [5.74, 6) is -0.119. The molecule has 17 heavy (non-hydrogen) atoms. The summed E-state index contributed by atoms with van der Waals surface area (Å²) in [6, 6.07) is 2.19. The third kappa shape index (κ3) is 3.71. The Morgan fingerprint density at radius 2 is 2.12 bits per heavy atom. The molecule has 1 unspecified atom stereocenters. The SMILES string of the molecule is CCOCC(C)NC(=O)C1(C#N)CCCCC1. The lowest BCUT2D eigenvalue weighted by Gasteiger charge is -2.30. The van der Waals surface area contributed by atoms with Crippen LogP contribution >= 0.6 is 0 Å². The molecule has 1 saturated carbocycles. The lowest BCUT2D eigenvalue weighted by Crippen LogP contribution is -2.46. The van der Waals surface area contributed by atoms with Crippen molar-refractivity contribution in [2.24, 2.45) is 5.41 Å². The number of amides is 1. The number of rotatable bonds is 5. The van der Waals surface area contributed by atoms with E-state index in [2.05, 4.69) is 11.4 Å². The minimum absolute atomic E-state index is 0.0328. The van der Waals surface area contributed by atoms with Crippen LogP contribution in [0.15, 0.2) is 0 Å². The number of nitrogens with zero attached hydrogens (tertiary/aromatic N) is 1. The van der Waals surface area contributed by atoms with Crippen molar-refractivity contribution >= 4 is 5.91 Å². The van der Waals surface area contributed by atoms with Gasteiger partial charge in [0.15, 0.2) is 0 Å². The van der Waals surface area contributed by atoms with Crippen LogP contribution in [0, 0.1) is 16.7 Å². The molecular weight excluding hydrogens is 216 g/mol. The summed E-state index contributed by atoms with van der Waals surface area (Å²) in [7, 11) is 0. The van der Waals surface area contributed by atoms with Gasteiger partial charge in [-0.2, -0.15) is 5.26 Å². The van der Waals surface area contributed by atoms with Crippen LogP contribution in [0.2, 0.25) is 0 Å². The fraction of sp³-hybridized carbons (Fsp3) is 0.846. The second kappa shape index (κ2) is 6.61. The zero-order valence-electron chi connectivity index (χ0n) is 10.8. The Balaban J connectivity index is 2.52. The highest BCUT2D eigenvalue weighted by molar-refractivity contribution is 5.85. The highest BCUT2D eigenvalue weighted by atomic mass is 16.5. The molecule has 0 spiro atoms. The maximum Gasteiger partial charge on any atom is 0.240 e. The highest BCUT2D eigenvalue weighted by Gasteiger charge is 2.40. The number of carbonyl (C=O) groups excluding carboxylic acids is 1. The summed E-state index contributed by atoms with van der Waals surface area (Å²) in [4.78, 5) is 12.1. The van der Waals surface area contributed by atoms with E-state index in [0.29, 0.717) is 26.1 Å². The summed E-state index contributed by atoms with van der Waals surface area (Å²) in [6.07, 6.45) is 4.46. The molecule has 1 fully saturated rings. The molecule has 0 radical (unpaired) electrons. The van der Waals surface area contributed by atoms with Crippen molar-refractivity contribution in [3.05, 3.63) is 0 Å². The van der Waals surface area contributed by atoms with Crippen LogP contribution in [-0.4, -0.2) is 25.2 Å². The number of ether oxygens (including phenoxy) is 1. The molecule has 0 aromatic rings. The Labute approximate surface area is 103 Å². The van der Waals surface area contributed by atoms with E-state index in [9.17, 15) is 10.1 Å². The number of hydrogen-bond donors (Lipinski definition) is 1. The van der Waals surface area contributed by atoms with Crippen molar-refractivity contribution < 1.29 is 9.53 Å². The van der Waals surface area contributed by atoms with Crippen LogP contribution < -0.4 is 5.32 Å². The monoisotopic (exact) mass is 238 g/mol. The number of nitrogens with one attached hydrogen (secondary N) is 1. The molecule has 1 atom stereocenters. The van der Waals surface area contributed by atoms with Gasteiger partial charge in [0.05, 0.1) is 12.7 Å². The lowest BCUT2D eigenvalue weighted by atomic mass is 9.74. The summed E-state index contributed by atoms with van der Waals surface area (Å²) in [5, 5.41) is 12.1. The molecule has 1 N–H and O–H groups in total. The van der Waals surface area contributed by atoms with Gasteiger partial charge in [-0.25, -0.2) is 0 Å². The van der Waals surface area contributed by atoms with Gasteiger partial charge in [0.25, 0.3) is 0 Å². The van der Waals surface area contributed by atoms with Crippen LogP contribution in [0.5, 0.6) is 0 Å². The molecule has 96 valence electrons. The Morgan fingerprint density at radius 3 is 2.65 bits per heavy atom. The van der Waals surface area contributed by atoms with Gasteiger partial charge >= 0.3 is 0 Å². The van der Waals surface area contributed by atoms with Crippen LogP contribution in [0.4, 0.5) is 0 Å². The molecule has 0 heterocycles. The lowest BCUT2D eigenvalue weighted by molar-refractivity contribution is -0.130. The van der Waals surface area contributed by atoms with Gasteiger partial charge in [-0.3, -0.25) is 4.79 Å². The summed E-state index contributed by atoms with van der Waals surface area (Å²) in [5.41, 5.74) is -0.793. The van der Waals surface area contributed by atoms with E-state index in [-0.39, 0.29) is 11.9 Å². The van der Waals surface area contributed by atoms with Crippen LogP contribution in [-0.2, 0) is 9.53 Å². The van der Waals surface area contributed by atoms with Crippen LogP contribution in [0.3, 0.4) is 0 Å². The van der Waals surface area contributed by atoms with Crippen LogP contribution in [0.1, 0.15) is 46.0 Å². The Morgan fingerprint density at radius 1 is 1.47 bits per heavy atom. The first-order chi connectivity index (χ1) is 8.14. The molecule has 1 amide bonds. The maximum absolute atomic E-state index is 12.1. The summed E-state index contributed by atoms with van der Waals surface area (Å²) < 4.78 is 5.25. The number of nitriles is 1. The molecule has 0 aliphatic heterocycles. The summed E-state index contributed by atoms with van der Waals surface area (Å²) in [6.45, 7) is 4.97. The van der Waals surface area contributed by atoms with Gasteiger partial charge in [0.1, 0.15) is 5.41 Å². The van der Waals surface area contributed by atoms with E-state index in [1.165, 1.54) is 0 Å². The summed E-state index contributed by atoms with van der Waals surface area (Å²) >= 11 is 0. The quantitative estimate of drug-likeness (QED) is 0.796. The fourth-order valence-corrected chi connectivity index (χ4v) is 2.24. The first-order valence-corrected chi connectivity index (χ1v) is 6.44. The van der Waals surface area contributed by atoms with Gasteiger partial charge in [-0.15, -0.1) is 0 Å². The van der Waals surface area contributed by atoms with Crippen molar-refractivity contribution in [1.29, 1.82) is 5.26 Å². The van der Waals surface area contributed by atoms with Crippen LogP contribution in [0.25, 0.3) is 0 Å². The second-order valence-corrected chi connectivity index (χ2v) is 4.79. The zero-order valence-corrected chi connectivity index (χ0v) is 10.8. The van der Waals surface area contributed by atoms with E-state index in [1.54, 1.807) is 0 Å². The van der Waals surface area contributed by atoms with Gasteiger partial charge in [0.2, 0.25) is 5.91 Å². The van der Waals surface area contributed by atoms with Gasteiger partial charge < -0.3 is 10.1 Å². The molecule has 0 aromatic carbocycles. The van der Waals surface area contributed by atoms with E-state index in [1.807, 2.05) is 13.8 Å². The number of hydrogen-bond acceptors (Lipinski definition) is 3. The van der Waals surface area contributed by atoms with E-state index in [0.717, 1.165) is 19.3 Å². The van der Waals surface area contributed by atoms with Crippen molar-refractivity contribution in [3.8, 4) is 6.07 Å². The van der Waals surface area contributed by atoms with Gasteiger partial charge in [-0.05, 0) is 26.7 Å². The molecule has 0 bridgehead atoms. The minimum Gasteiger partial charge on any atom is -0.380 e. The van der Waals surface area contributed by atoms with Crippen molar-refractivity contribution in [3.63, 3.8) is 0 Å². The average molecular weight is 238 g/mol. The predicted octanol–water partition coefficient (Wildman–Crippen LogP) is 2.00. The Hall–Kier alpha value is -1.08. The molecule has 1 aliphatic carbocycles. The smallest absolute Gasteiger partial charge is 0.240 e. The molecular formula is C13H22N2O2. The third-order valence-corrected chi connectivity index (χ3v) is 3.31. The van der Waals surface area contributed by atoms with Gasteiger partial charge in [0, 0.05) is 12.6 Å². The van der Waals surface area contributed by atoms with Crippen molar-refractivity contribution in [2.45, 2.75) is 52.0 Å². The van der Waals surface area contributed by atoms with E-state index < -0.39 is 5.41 Å². The minimum atomic E-state index is -0.793. The first-order valence-electron chi connectivity index (χ1n) is 6.44. The second-order valence-electron chi connectivity index (χ2n) is 4.79. The number of carbonyl (C=O) groups is 1. The molecule has 0 saturated heterocycles. The molecule has 4 heteroatoms. The standard InChI is InChI=1S/C13H22N2O2/c1-3-17-9-11(2)15-12(16)13(10-14)7-5-4-6-8-13/h11H,3-9H2,1-2H3,(H,15,16). The molecule has 1 aliphatic rings. The molecule has 1 rings (SSSR count). The molecule has 0 aromatic heterocycles. The predicted molar refractivity (Wildman–Crippen MR) is 65.2 cm³/mol. The van der Waals surface area contributed by atoms with Crippen molar-refractivity contribution in [2.75, 3.05) is 13.2 Å². The van der Waals surface area contributed by atoms with Gasteiger partial charge in [-0.1, -0.05) is 19.3 Å².